The zero-order chi connectivity index (χ0) is 17.7. The van der Waals surface area contributed by atoms with Crippen LogP contribution < -0.4 is 20.1 Å². The lowest BCUT2D eigenvalue weighted by molar-refractivity contribution is 0.0962. The number of amides is 2. The fraction of sp³-hybridized carbons (Fsp3) is 0.176. The second-order valence-electron chi connectivity index (χ2n) is 4.80. The molecule has 0 spiro atoms. The number of methoxy groups -OCH3 is 2. The molecule has 0 saturated heterocycles. The molecule has 0 aliphatic carbocycles. The first-order valence-corrected chi connectivity index (χ1v) is 8.13. The van der Waals surface area contributed by atoms with Crippen LogP contribution in [-0.2, 0) is 0 Å². The molecule has 24 heavy (non-hydrogen) atoms. The first kappa shape index (κ1) is 18.1. The average Bonchev–Trinajstić information content (AvgIpc) is 2.61. The third-order valence-electron chi connectivity index (χ3n) is 3.35. The Hall–Kier alpha value is -2.29. The molecule has 126 valence electrons. The molecular formula is C17H17IN2O4. The van der Waals surface area contributed by atoms with E-state index in [9.17, 15) is 9.59 Å². The van der Waals surface area contributed by atoms with Crippen molar-refractivity contribution < 1.29 is 19.1 Å². The van der Waals surface area contributed by atoms with Crippen molar-refractivity contribution in [2.24, 2.45) is 0 Å². The zero-order valence-electron chi connectivity index (χ0n) is 13.5. The van der Waals surface area contributed by atoms with Crippen LogP contribution in [0.3, 0.4) is 0 Å². The van der Waals surface area contributed by atoms with E-state index in [0.29, 0.717) is 28.3 Å². The number of carbonyl (C=O) groups is 2. The normalized spacial score (nSPS) is 10.0. The molecule has 0 atom stereocenters. The summed E-state index contributed by atoms with van der Waals surface area (Å²) in [6.45, 7) is 0. The first-order valence-electron chi connectivity index (χ1n) is 7.05. The van der Waals surface area contributed by atoms with E-state index in [0.717, 1.165) is 3.57 Å². The number of rotatable bonds is 5. The second-order valence-corrected chi connectivity index (χ2v) is 5.96. The average molecular weight is 440 g/mol. The number of carbonyl (C=O) groups excluding carboxylic acids is 2. The highest BCUT2D eigenvalue weighted by molar-refractivity contribution is 14.1. The quantitative estimate of drug-likeness (QED) is 0.702. The molecule has 0 saturated carbocycles. The smallest absolute Gasteiger partial charge is 0.256 e. The lowest BCUT2D eigenvalue weighted by Crippen LogP contribution is -2.18. The van der Waals surface area contributed by atoms with Crippen LogP contribution in [0.15, 0.2) is 36.4 Å². The highest BCUT2D eigenvalue weighted by Crippen LogP contribution is 2.31. The number of hydrogen-bond acceptors (Lipinski definition) is 4. The Balaban J connectivity index is 2.22. The van der Waals surface area contributed by atoms with Gasteiger partial charge in [-0.05, 0) is 59.0 Å². The Morgan fingerprint density at radius 1 is 0.958 bits per heavy atom. The van der Waals surface area contributed by atoms with Crippen LogP contribution in [0.5, 0.6) is 11.5 Å². The molecule has 0 heterocycles. The highest BCUT2D eigenvalue weighted by atomic mass is 127. The molecule has 2 aromatic rings. The van der Waals surface area contributed by atoms with Gasteiger partial charge in [-0.25, -0.2) is 0 Å². The van der Waals surface area contributed by atoms with Gasteiger partial charge in [0.1, 0.15) is 0 Å². The molecule has 0 unspecified atom stereocenters. The molecule has 6 nitrogen and oxygen atoms in total. The van der Waals surface area contributed by atoms with Gasteiger partial charge in [0.25, 0.3) is 11.8 Å². The van der Waals surface area contributed by atoms with Gasteiger partial charge >= 0.3 is 0 Å². The Labute approximate surface area is 153 Å². The number of hydrogen-bond donors (Lipinski definition) is 2. The van der Waals surface area contributed by atoms with Gasteiger partial charge in [-0.1, -0.05) is 0 Å². The van der Waals surface area contributed by atoms with Crippen LogP contribution in [0, 0.1) is 3.57 Å². The van der Waals surface area contributed by atoms with Gasteiger partial charge in [0.2, 0.25) is 0 Å². The van der Waals surface area contributed by atoms with E-state index in [1.165, 1.54) is 7.11 Å². The molecule has 0 aromatic heterocycles. The van der Waals surface area contributed by atoms with Gasteiger partial charge in [-0.15, -0.1) is 0 Å². The summed E-state index contributed by atoms with van der Waals surface area (Å²) in [5.74, 6) is 0.599. The monoisotopic (exact) mass is 440 g/mol. The van der Waals surface area contributed by atoms with Crippen molar-refractivity contribution in [1.82, 2.24) is 5.32 Å². The molecule has 0 radical (unpaired) electrons. The molecule has 0 fully saturated rings. The SMILES string of the molecule is CNC(=O)c1ccc(NC(=O)c2cc(OC)c(OC)cc2I)cc1. The Morgan fingerprint density at radius 2 is 1.54 bits per heavy atom. The predicted octanol–water partition coefficient (Wildman–Crippen LogP) is 2.92. The molecule has 2 amide bonds. The van der Waals surface area contributed by atoms with Crippen LogP contribution in [0.2, 0.25) is 0 Å². The number of ether oxygens (including phenoxy) is 2. The van der Waals surface area contributed by atoms with E-state index in [4.69, 9.17) is 9.47 Å². The Morgan fingerprint density at radius 3 is 2.08 bits per heavy atom. The Kier molecular flexibility index (Phi) is 6.02. The topological polar surface area (TPSA) is 76.7 Å². The van der Waals surface area contributed by atoms with E-state index in [-0.39, 0.29) is 11.8 Å². The number of halogens is 1. The summed E-state index contributed by atoms with van der Waals surface area (Å²) >= 11 is 2.07. The van der Waals surface area contributed by atoms with E-state index in [1.807, 2.05) is 0 Å². The summed E-state index contributed by atoms with van der Waals surface area (Å²) in [4.78, 5) is 24.0. The van der Waals surface area contributed by atoms with Crippen LogP contribution in [0.1, 0.15) is 20.7 Å². The molecule has 7 heteroatoms. The predicted molar refractivity (Wildman–Crippen MR) is 100 cm³/mol. The lowest BCUT2D eigenvalue weighted by Gasteiger charge is -2.12. The first-order chi connectivity index (χ1) is 11.5. The maximum Gasteiger partial charge on any atom is 0.256 e. The van der Waals surface area contributed by atoms with Crippen molar-refractivity contribution in [2.45, 2.75) is 0 Å². The van der Waals surface area contributed by atoms with E-state index in [1.54, 1.807) is 50.6 Å². The van der Waals surface area contributed by atoms with Crippen LogP contribution >= 0.6 is 22.6 Å². The lowest BCUT2D eigenvalue weighted by atomic mass is 10.1. The molecule has 0 aliphatic rings. The van der Waals surface area contributed by atoms with Crippen LogP contribution in [0.4, 0.5) is 5.69 Å². The van der Waals surface area contributed by atoms with E-state index >= 15 is 0 Å². The van der Waals surface area contributed by atoms with Crippen LogP contribution in [-0.4, -0.2) is 33.1 Å². The Bertz CT molecular complexity index is 760. The second kappa shape index (κ2) is 8.00. The third-order valence-corrected chi connectivity index (χ3v) is 4.24. The molecule has 2 N–H and O–H groups in total. The third kappa shape index (κ3) is 3.97. The molecule has 2 aromatic carbocycles. The highest BCUT2D eigenvalue weighted by Gasteiger charge is 2.16. The molecule has 0 aliphatic heterocycles. The summed E-state index contributed by atoms with van der Waals surface area (Å²) in [7, 11) is 4.63. The molecule has 2 rings (SSSR count). The molecular weight excluding hydrogens is 423 g/mol. The van der Waals surface area contributed by atoms with Gasteiger partial charge in [-0.2, -0.15) is 0 Å². The summed E-state index contributed by atoms with van der Waals surface area (Å²) in [6.07, 6.45) is 0. The van der Waals surface area contributed by atoms with Crippen molar-refractivity contribution in [3.8, 4) is 11.5 Å². The maximum atomic E-state index is 12.5. The zero-order valence-corrected chi connectivity index (χ0v) is 15.6. The molecule has 0 bridgehead atoms. The van der Waals surface area contributed by atoms with Gasteiger partial charge < -0.3 is 20.1 Å². The largest absolute Gasteiger partial charge is 0.493 e. The number of anilines is 1. The fourth-order valence-electron chi connectivity index (χ4n) is 2.08. The van der Waals surface area contributed by atoms with Gasteiger partial charge in [0, 0.05) is 21.9 Å². The summed E-state index contributed by atoms with van der Waals surface area (Å²) < 4.78 is 11.2. The maximum absolute atomic E-state index is 12.5. The van der Waals surface area contributed by atoms with Gasteiger partial charge in [-0.3, -0.25) is 9.59 Å². The minimum atomic E-state index is -0.270. The van der Waals surface area contributed by atoms with Crippen molar-refractivity contribution in [1.29, 1.82) is 0 Å². The summed E-state index contributed by atoms with van der Waals surface area (Å²) in [6, 6.07) is 10.0. The van der Waals surface area contributed by atoms with Crippen molar-refractivity contribution in [2.75, 3.05) is 26.6 Å². The van der Waals surface area contributed by atoms with Gasteiger partial charge in [0.15, 0.2) is 11.5 Å². The van der Waals surface area contributed by atoms with Crippen molar-refractivity contribution in [3.05, 3.63) is 51.1 Å². The van der Waals surface area contributed by atoms with Crippen LogP contribution in [0.25, 0.3) is 0 Å². The van der Waals surface area contributed by atoms with E-state index < -0.39 is 0 Å². The summed E-state index contributed by atoms with van der Waals surface area (Å²) in [5, 5.41) is 5.35. The minimum absolute atomic E-state index is 0.178. The van der Waals surface area contributed by atoms with Crippen molar-refractivity contribution >= 4 is 40.1 Å². The van der Waals surface area contributed by atoms with Crippen molar-refractivity contribution in [3.63, 3.8) is 0 Å². The standard InChI is InChI=1S/C17H17IN2O4/c1-19-16(21)10-4-6-11(7-5-10)20-17(22)12-8-14(23-2)15(24-3)9-13(12)18/h4-9H,1-3H3,(H,19,21)(H,20,22). The number of nitrogens with one attached hydrogen (secondary N) is 2. The van der Waals surface area contributed by atoms with E-state index in [2.05, 4.69) is 33.2 Å². The van der Waals surface area contributed by atoms with Gasteiger partial charge in [0.05, 0.1) is 19.8 Å². The fourth-order valence-corrected chi connectivity index (χ4v) is 2.76. The minimum Gasteiger partial charge on any atom is -0.493 e. The number of benzene rings is 2. The summed E-state index contributed by atoms with van der Waals surface area (Å²) in [5.41, 5.74) is 1.60.